The van der Waals surface area contributed by atoms with Crippen LogP contribution in [0.5, 0.6) is 0 Å². The molecule has 0 aliphatic rings. The molecule has 0 amide bonds. The minimum absolute atomic E-state index is 0.345. The molecule has 0 saturated heterocycles. The molecule has 128 valence electrons. The third-order valence-corrected chi connectivity index (χ3v) is 4.32. The molecule has 1 aromatic heterocycles. The third-order valence-electron chi connectivity index (χ3n) is 3.52. The number of benzene rings is 2. The van der Waals surface area contributed by atoms with Crippen molar-refractivity contribution in [1.29, 1.82) is 0 Å². The van der Waals surface area contributed by atoms with E-state index in [1.165, 1.54) is 6.33 Å². The van der Waals surface area contributed by atoms with E-state index in [0.717, 1.165) is 11.3 Å². The molecular weight excluding hydrogens is 381 g/mol. The summed E-state index contributed by atoms with van der Waals surface area (Å²) in [6, 6.07) is 10.6. The van der Waals surface area contributed by atoms with Gasteiger partial charge in [-0.25, -0.2) is 9.97 Å². The number of nitrogens with two attached hydrogens (primary N) is 1. The van der Waals surface area contributed by atoms with Gasteiger partial charge in [0.1, 0.15) is 12.0 Å². The molecular formula is C17H14Cl3N5. The highest BCUT2D eigenvalue weighted by molar-refractivity contribution is 6.35. The fourth-order valence-electron chi connectivity index (χ4n) is 2.17. The van der Waals surface area contributed by atoms with Gasteiger partial charge >= 0.3 is 0 Å². The molecule has 25 heavy (non-hydrogen) atoms. The van der Waals surface area contributed by atoms with E-state index < -0.39 is 0 Å². The van der Waals surface area contributed by atoms with E-state index in [4.69, 9.17) is 40.5 Å². The van der Waals surface area contributed by atoms with Gasteiger partial charge in [-0.2, -0.15) is 0 Å². The number of nitrogens with zero attached hydrogens (tertiary/aromatic N) is 2. The van der Waals surface area contributed by atoms with Gasteiger partial charge in [0.15, 0.2) is 11.6 Å². The van der Waals surface area contributed by atoms with E-state index in [-0.39, 0.29) is 0 Å². The van der Waals surface area contributed by atoms with Crippen molar-refractivity contribution in [1.82, 2.24) is 9.97 Å². The zero-order chi connectivity index (χ0) is 18.0. The minimum atomic E-state index is 0.345. The Kier molecular flexibility index (Phi) is 5.18. The fourth-order valence-corrected chi connectivity index (χ4v) is 2.68. The second-order valence-corrected chi connectivity index (χ2v) is 6.60. The van der Waals surface area contributed by atoms with E-state index >= 15 is 0 Å². The van der Waals surface area contributed by atoms with Gasteiger partial charge in [0.2, 0.25) is 0 Å². The first-order valence-corrected chi connectivity index (χ1v) is 8.43. The highest BCUT2D eigenvalue weighted by Crippen LogP contribution is 2.33. The van der Waals surface area contributed by atoms with E-state index in [2.05, 4.69) is 20.6 Å². The number of halogens is 3. The summed E-state index contributed by atoms with van der Waals surface area (Å²) in [7, 11) is 0. The highest BCUT2D eigenvalue weighted by atomic mass is 35.5. The normalized spacial score (nSPS) is 10.6. The molecule has 8 heteroatoms. The number of aromatic nitrogens is 2. The first kappa shape index (κ1) is 17.6. The summed E-state index contributed by atoms with van der Waals surface area (Å²) in [5.41, 5.74) is 8.96. The van der Waals surface area contributed by atoms with Gasteiger partial charge in [0.25, 0.3) is 0 Å². The number of nitrogens with one attached hydrogen (secondary N) is 2. The van der Waals surface area contributed by atoms with Crippen molar-refractivity contribution >= 4 is 63.5 Å². The second-order valence-electron chi connectivity index (χ2n) is 5.32. The van der Waals surface area contributed by atoms with Crippen molar-refractivity contribution in [3.05, 3.63) is 63.4 Å². The van der Waals surface area contributed by atoms with Gasteiger partial charge in [-0.3, -0.25) is 0 Å². The van der Waals surface area contributed by atoms with E-state index in [1.807, 2.05) is 19.1 Å². The lowest BCUT2D eigenvalue weighted by atomic mass is 10.2. The summed E-state index contributed by atoms with van der Waals surface area (Å²) in [4.78, 5) is 8.37. The van der Waals surface area contributed by atoms with Crippen LogP contribution < -0.4 is 16.4 Å². The van der Waals surface area contributed by atoms with Crippen LogP contribution in [0.1, 0.15) is 5.56 Å². The first-order valence-electron chi connectivity index (χ1n) is 7.30. The van der Waals surface area contributed by atoms with Gasteiger partial charge in [-0.05, 0) is 42.8 Å². The quantitative estimate of drug-likeness (QED) is 0.520. The fraction of sp³-hybridized carbons (Fsp3) is 0.0588. The van der Waals surface area contributed by atoms with Crippen LogP contribution in [0.25, 0.3) is 0 Å². The lowest BCUT2D eigenvalue weighted by molar-refractivity contribution is 1.17. The van der Waals surface area contributed by atoms with E-state index in [0.29, 0.717) is 38.1 Å². The Hall–Kier alpha value is -2.21. The molecule has 0 fully saturated rings. The molecule has 5 nitrogen and oxygen atoms in total. The van der Waals surface area contributed by atoms with Crippen molar-refractivity contribution < 1.29 is 0 Å². The predicted molar refractivity (Wildman–Crippen MR) is 106 cm³/mol. The maximum atomic E-state index is 6.20. The molecule has 0 atom stereocenters. The summed E-state index contributed by atoms with van der Waals surface area (Å²) in [6.07, 6.45) is 1.40. The molecule has 0 unspecified atom stereocenters. The molecule has 0 saturated carbocycles. The van der Waals surface area contributed by atoms with Crippen LogP contribution in [0.4, 0.5) is 28.7 Å². The van der Waals surface area contributed by atoms with Crippen LogP contribution in [-0.4, -0.2) is 9.97 Å². The third kappa shape index (κ3) is 4.07. The molecule has 4 N–H and O–H groups in total. The van der Waals surface area contributed by atoms with Crippen molar-refractivity contribution in [3.63, 3.8) is 0 Å². The van der Waals surface area contributed by atoms with E-state index in [1.54, 1.807) is 24.3 Å². The molecule has 0 radical (unpaired) electrons. The van der Waals surface area contributed by atoms with Gasteiger partial charge < -0.3 is 16.4 Å². The van der Waals surface area contributed by atoms with Gasteiger partial charge in [0, 0.05) is 15.7 Å². The monoisotopic (exact) mass is 393 g/mol. The zero-order valence-electron chi connectivity index (χ0n) is 13.1. The zero-order valence-corrected chi connectivity index (χ0v) is 15.4. The van der Waals surface area contributed by atoms with Crippen LogP contribution >= 0.6 is 34.8 Å². The lowest BCUT2D eigenvalue weighted by Crippen LogP contribution is -2.06. The summed E-state index contributed by atoms with van der Waals surface area (Å²) >= 11 is 18.2. The van der Waals surface area contributed by atoms with Gasteiger partial charge in [-0.1, -0.05) is 40.9 Å². The van der Waals surface area contributed by atoms with Crippen molar-refractivity contribution in [3.8, 4) is 0 Å². The standard InChI is InChI=1S/C17H14Cl3N5/c1-9-2-3-10(18)6-13(9)24-16-15(21)17(23-8-22-16)25-14-7-11(19)4-5-12(14)20/h2-8H,21H2,1H3,(H2,22,23,24,25). The Bertz CT molecular complexity index is 858. The van der Waals surface area contributed by atoms with Crippen LogP contribution in [0.2, 0.25) is 15.1 Å². The summed E-state index contributed by atoms with van der Waals surface area (Å²) in [6.45, 7) is 1.96. The summed E-state index contributed by atoms with van der Waals surface area (Å²) in [5.74, 6) is 0.877. The van der Waals surface area contributed by atoms with Crippen molar-refractivity contribution in [2.45, 2.75) is 6.92 Å². The maximum Gasteiger partial charge on any atom is 0.159 e. The molecule has 1 heterocycles. The first-order chi connectivity index (χ1) is 11.9. The molecule has 3 aromatic rings. The van der Waals surface area contributed by atoms with E-state index in [9.17, 15) is 0 Å². The summed E-state index contributed by atoms with van der Waals surface area (Å²) < 4.78 is 0. The highest BCUT2D eigenvalue weighted by Gasteiger charge is 2.11. The number of rotatable bonds is 4. The van der Waals surface area contributed by atoms with Crippen molar-refractivity contribution in [2.75, 3.05) is 16.4 Å². The molecule has 3 rings (SSSR count). The minimum Gasteiger partial charge on any atom is -0.393 e. The van der Waals surface area contributed by atoms with Crippen LogP contribution in [0.3, 0.4) is 0 Å². The number of anilines is 5. The Morgan fingerprint density at radius 3 is 2.08 bits per heavy atom. The number of hydrogen-bond donors (Lipinski definition) is 3. The Labute approximate surface area is 160 Å². The van der Waals surface area contributed by atoms with Crippen LogP contribution in [0, 0.1) is 6.92 Å². The van der Waals surface area contributed by atoms with Crippen LogP contribution in [-0.2, 0) is 0 Å². The average molecular weight is 395 g/mol. The van der Waals surface area contributed by atoms with Gasteiger partial charge in [-0.15, -0.1) is 0 Å². The Morgan fingerprint density at radius 2 is 1.40 bits per heavy atom. The molecule has 0 bridgehead atoms. The second kappa shape index (κ2) is 7.35. The molecule has 0 aliphatic heterocycles. The molecule has 0 spiro atoms. The Balaban J connectivity index is 1.92. The number of hydrogen-bond acceptors (Lipinski definition) is 5. The van der Waals surface area contributed by atoms with Crippen LogP contribution in [0.15, 0.2) is 42.7 Å². The predicted octanol–water partition coefficient (Wildman–Crippen LogP) is 5.81. The lowest BCUT2D eigenvalue weighted by Gasteiger charge is -2.14. The maximum absolute atomic E-state index is 6.20. The number of aryl methyl sites for hydroxylation is 1. The smallest absolute Gasteiger partial charge is 0.159 e. The summed E-state index contributed by atoms with van der Waals surface area (Å²) in [5, 5.41) is 7.92. The average Bonchev–Trinajstić information content (AvgIpc) is 2.58. The topological polar surface area (TPSA) is 75.9 Å². The molecule has 0 aliphatic carbocycles. The number of nitrogen functional groups attached to an aromatic ring is 1. The SMILES string of the molecule is Cc1ccc(Cl)cc1Nc1ncnc(Nc2cc(Cl)ccc2Cl)c1N. The Morgan fingerprint density at radius 1 is 0.840 bits per heavy atom. The molecule has 2 aromatic carbocycles. The largest absolute Gasteiger partial charge is 0.393 e. The van der Waals surface area contributed by atoms with Crippen molar-refractivity contribution in [2.24, 2.45) is 0 Å². The van der Waals surface area contributed by atoms with Gasteiger partial charge in [0.05, 0.1) is 10.7 Å².